The van der Waals surface area contributed by atoms with Gasteiger partial charge in [0.1, 0.15) is 6.04 Å². The zero-order valence-corrected chi connectivity index (χ0v) is 10.5. The Morgan fingerprint density at radius 2 is 2.28 bits per heavy atom. The molecule has 0 aliphatic rings. The van der Waals surface area contributed by atoms with Gasteiger partial charge in [-0.05, 0) is 14.1 Å². The molecule has 7 heteroatoms. The second kappa shape index (κ2) is 6.75. The number of carbonyl (C=O) groups excluding carboxylic acids is 1. The van der Waals surface area contributed by atoms with Crippen LogP contribution in [0.5, 0.6) is 0 Å². The number of hydrogen-bond donors (Lipinski definition) is 3. The minimum Gasteiger partial charge on any atom is -0.480 e. The van der Waals surface area contributed by atoms with Crippen molar-refractivity contribution >= 4 is 11.9 Å². The Balaban J connectivity index is 2.48. The molecule has 0 aromatic carbocycles. The van der Waals surface area contributed by atoms with E-state index in [-0.39, 0.29) is 18.7 Å². The Morgan fingerprint density at radius 1 is 1.56 bits per heavy atom. The van der Waals surface area contributed by atoms with E-state index in [2.05, 4.69) is 15.3 Å². The summed E-state index contributed by atoms with van der Waals surface area (Å²) in [6.45, 7) is 0.586. The Hall–Kier alpha value is -1.89. The Bertz CT molecular complexity index is 389. The lowest BCUT2D eigenvalue weighted by Gasteiger charge is -2.15. The van der Waals surface area contributed by atoms with Crippen molar-refractivity contribution in [3.63, 3.8) is 0 Å². The first kappa shape index (κ1) is 14.2. The standard InChI is InChI=1S/C11H18N4O3/c1-15(2)4-3-10(16)14-9(11(17)18)5-8-6-12-7-13-8/h6-7,9H,3-5H2,1-2H3,(H,12,13)(H,14,16)(H,17,18). The van der Waals surface area contributed by atoms with E-state index in [9.17, 15) is 9.59 Å². The fourth-order valence-corrected chi connectivity index (χ4v) is 1.41. The molecule has 1 aromatic heterocycles. The fourth-order valence-electron chi connectivity index (χ4n) is 1.41. The lowest BCUT2D eigenvalue weighted by molar-refractivity contribution is -0.141. The van der Waals surface area contributed by atoms with Crippen LogP contribution in [0.15, 0.2) is 12.5 Å². The van der Waals surface area contributed by atoms with Crippen molar-refractivity contribution in [2.75, 3.05) is 20.6 Å². The van der Waals surface area contributed by atoms with E-state index in [1.165, 1.54) is 6.33 Å². The van der Waals surface area contributed by atoms with E-state index in [1.54, 1.807) is 6.20 Å². The second-order valence-electron chi connectivity index (χ2n) is 4.29. The van der Waals surface area contributed by atoms with Crippen LogP contribution >= 0.6 is 0 Å². The molecule has 100 valence electrons. The first-order valence-corrected chi connectivity index (χ1v) is 5.63. The number of carbonyl (C=O) groups is 2. The van der Waals surface area contributed by atoms with Crippen molar-refractivity contribution in [3.05, 3.63) is 18.2 Å². The molecule has 1 atom stereocenters. The first-order valence-electron chi connectivity index (χ1n) is 5.63. The van der Waals surface area contributed by atoms with Crippen LogP contribution in [0.3, 0.4) is 0 Å². The number of imidazole rings is 1. The number of nitrogens with one attached hydrogen (secondary N) is 2. The van der Waals surface area contributed by atoms with Gasteiger partial charge >= 0.3 is 5.97 Å². The van der Waals surface area contributed by atoms with Crippen LogP contribution in [0.4, 0.5) is 0 Å². The third-order valence-corrected chi connectivity index (χ3v) is 2.40. The normalized spacial score (nSPS) is 12.4. The van der Waals surface area contributed by atoms with Gasteiger partial charge in [0.05, 0.1) is 6.33 Å². The highest BCUT2D eigenvalue weighted by molar-refractivity contribution is 5.83. The molecule has 7 nitrogen and oxygen atoms in total. The number of nitrogens with zero attached hydrogens (tertiary/aromatic N) is 2. The number of aliphatic carboxylic acids is 1. The van der Waals surface area contributed by atoms with Gasteiger partial charge in [0.25, 0.3) is 0 Å². The smallest absolute Gasteiger partial charge is 0.326 e. The summed E-state index contributed by atoms with van der Waals surface area (Å²) >= 11 is 0. The third-order valence-electron chi connectivity index (χ3n) is 2.40. The van der Waals surface area contributed by atoms with E-state index >= 15 is 0 Å². The van der Waals surface area contributed by atoms with E-state index in [0.717, 1.165) is 0 Å². The highest BCUT2D eigenvalue weighted by Gasteiger charge is 2.20. The lowest BCUT2D eigenvalue weighted by atomic mass is 10.1. The minimum atomic E-state index is -1.05. The van der Waals surface area contributed by atoms with Gasteiger partial charge < -0.3 is 20.3 Å². The number of amides is 1. The van der Waals surface area contributed by atoms with Gasteiger partial charge in [0, 0.05) is 31.3 Å². The minimum absolute atomic E-state index is 0.197. The highest BCUT2D eigenvalue weighted by atomic mass is 16.4. The topological polar surface area (TPSA) is 98.3 Å². The monoisotopic (exact) mass is 254 g/mol. The number of aromatic nitrogens is 2. The summed E-state index contributed by atoms with van der Waals surface area (Å²) in [6.07, 6.45) is 3.49. The molecule has 3 N–H and O–H groups in total. The van der Waals surface area contributed by atoms with Crippen LogP contribution in [-0.4, -0.2) is 58.5 Å². The maximum atomic E-state index is 11.6. The predicted octanol–water partition coefficient (Wildman–Crippen LogP) is -0.527. The SMILES string of the molecule is CN(C)CCC(=O)NC(Cc1cnc[nH]1)C(=O)O. The number of aromatic amines is 1. The third kappa shape index (κ3) is 4.96. The van der Waals surface area contributed by atoms with Gasteiger partial charge in [-0.2, -0.15) is 0 Å². The molecule has 1 unspecified atom stereocenters. The quantitative estimate of drug-likeness (QED) is 0.608. The van der Waals surface area contributed by atoms with Crippen LogP contribution in [0.1, 0.15) is 12.1 Å². The summed E-state index contributed by atoms with van der Waals surface area (Å²) in [5.41, 5.74) is 0.676. The summed E-state index contributed by atoms with van der Waals surface area (Å²) < 4.78 is 0. The molecule has 0 aliphatic heterocycles. The van der Waals surface area contributed by atoms with Crippen molar-refractivity contribution in [3.8, 4) is 0 Å². The van der Waals surface area contributed by atoms with E-state index in [4.69, 9.17) is 5.11 Å². The number of H-pyrrole nitrogens is 1. The zero-order chi connectivity index (χ0) is 13.5. The molecule has 1 rings (SSSR count). The molecular weight excluding hydrogens is 236 g/mol. The zero-order valence-electron chi connectivity index (χ0n) is 10.5. The van der Waals surface area contributed by atoms with Crippen molar-refractivity contribution < 1.29 is 14.7 Å². The van der Waals surface area contributed by atoms with Crippen molar-refractivity contribution in [1.29, 1.82) is 0 Å². The summed E-state index contributed by atoms with van der Waals surface area (Å²) in [5.74, 6) is -1.32. The number of carboxylic acid groups (broad SMARTS) is 1. The Morgan fingerprint density at radius 3 is 2.78 bits per heavy atom. The molecule has 0 aliphatic carbocycles. The van der Waals surface area contributed by atoms with E-state index < -0.39 is 12.0 Å². The van der Waals surface area contributed by atoms with Crippen LogP contribution < -0.4 is 5.32 Å². The fraction of sp³-hybridized carbons (Fsp3) is 0.545. The number of rotatable bonds is 7. The van der Waals surface area contributed by atoms with E-state index in [1.807, 2.05) is 19.0 Å². The van der Waals surface area contributed by atoms with E-state index in [0.29, 0.717) is 12.2 Å². The van der Waals surface area contributed by atoms with Crippen LogP contribution in [0.25, 0.3) is 0 Å². The van der Waals surface area contributed by atoms with Gasteiger partial charge in [-0.1, -0.05) is 0 Å². The molecule has 1 amide bonds. The molecule has 18 heavy (non-hydrogen) atoms. The summed E-state index contributed by atoms with van der Waals surface area (Å²) in [6, 6.07) is -0.930. The van der Waals surface area contributed by atoms with Crippen molar-refractivity contribution in [2.24, 2.45) is 0 Å². The second-order valence-corrected chi connectivity index (χ2v) is 4.29. The summed E-state index contributed by atoms with van der Waals surface area (Å²) in [7, 11) is 3.71. The number of carboxylic acids is 1. The molecule has 1 aromatic rings. The Labute approximate surface area is 105 Å². The van der Waals surface area contributed by atoms with Gasteiger partial charge in [-0.25, -0.2) is 9.78 Å². The largest absolute Gasteiger partial charge is 0.480 e. The molecule has 0 bridgehead atoms. The van der Waals surface area contributed by atoms with Gasteiger partial charge in [-0.15, -0.1) is 0 Å². The average molecular weight is 254 g/mol. The molecule has 0 saturated heterocycles. The van der Waals surface area contributed by atoms with Crippen molar-refractivity contribution in [2.45, 2.75) is 18.9 Å². The summed E-state index contributed by atoms with van der Waals surface area (Å²) in [5, 5.41) is 11.5. The molecule has 0 radical (unpaired) electrons. The molecule has 0 saturated carbocycles. The average Bonchev–Trinajstić information content (AvgIpc) is 2.78. The lowest BCUT2D eigenvalue weighted by Crippen LogP contribution is -2.43. The predicted molar refractivity (Wildman–Crippen MR) is 65.0 cm³/mol. The van der Waals surface area contributed by atoms with Gasteiger partial charge in [0.2, 0.25) is 5.91 Å². The van der Waals surface area contributed by atoms with Crippen molar-refractivity contribution in [1.82, 2.24) is 20.2 Å². The van der Waals surface area contributed by atoms with Crippen LogP contribution in [0, 0.1) is 0 Å². The van der Waals surface area contributed by atoms with Crippen LogP contribution in [0.2, 0.25) is 0 Å². The maximum absolute atomic E-state index is 11.6. The number of hydrogen-bond acceptors (Lipinski definition) is 4. The molecule has 0 fully saturated rings. The molecule has 1 heterocycles. The maximum Gasteiger partial charge on any atom is 0.326 e. The molecule has 0 spiro atoms. The Kier molecular flexibility index (Phi) is 5.31. The van der Waals surface area contributed by atoms with Crippen LogP contribution in [-0.2, 0) is 16.0 Å². The van der Waals surface area contributed by atoms with Gasteiger partial charge in [0.15, 0.2) is 0 Å². The van der Waals surface area contributed by atoms with Gasteiger partial charge in [-0.3, -0.25) is 4.79 Å². The summed E-state index contributed by atoms with van der Waals surface area (Å²) in [4.78, 5) is 31.1. The first-order chi connectivity index (χ1) is 8.49. The molecular formula is C11H18N4O3. The highest BCUT2D eigenvalue weighted by Crippen LogP contribution is 1.99.